The van der Waals surface area contributed by atoms with E-state index in [-0.39, 0.29) is 1.43 Å². The lowest BCUT2D eigenvalue weighted by molar-refractivity contribution is 1.15. The van der Waals surface area contributed by atoms with Gasteiger partial charge in [0.2, 0.25) is 0 Å². The average Bonchev–Trinajstić information content (AvgIpc) is 1.90. The first-order chi connectivity index (χ1) is 3.93. The number of aromatic nitrogens is 2. The van der Waals surface area contributed by atoms with E-state index in [0.29, 0.717) is 5.56 Å². The van der Waals surface area contributed by atoms with E-state index in [2.05, 4.69) is 9.97 Å². The maximum Gasteiger partial charge on any atom is 1.00 e. The van der Waals surface area contributed by atoms with Gasteiger partial charge in [-0.25, -0.2) is 9.97 Å². The van der Waals surface area contributed by atoms with Gasteiger partial charge in [-0.15, -0.1) is 0 Å². The smallest absolute Gasteiger partial charge is 0.243 e. The Morgan fingerprint density at radius 3 is 2.50 bits per heavy atom. The summed E-state index contributed by atoms with van der Waals surface area (Å²) in [6.45, 7) is 0. The van der Waals surface area contributed by atoms with Crippen LogP contribution in [-0.2, 0) is 0 Å². The van der Waals surface area contributed by atoms with E-state index in [1.807, 2.05) is 6.07 Å². The zero-order valence-corrected chi connectivity index (χ0v) is 4.07. The molecule has 1 aromatic heterocycles. The van der Waals surface area contributed by atoms with Crippen LogP contribution in [0.2, 0.25) is 0 Å². The topological polar surface area (TPSA) is 49.6 Å². The SMILES string of the molecule is N#Cc1cncnc1.[H+]. The number of nitriles is 1. The standard InChI is InChI=1S/C5H3N3/c6-1-5-2-7-4-8-3-5/h2-4H/p+1. The Bertz CT molecular complexity index is 203. The van der Waals surface area contributed by atoms with Crippen molar-refractivity contribution in [3.63, 3.8) is 0 Å². The van der Waals surface area contributed by atoms with E-state index < -0.39 is 0 Å². The summed E-state index contributed by atoms with van der Waals surface area (Å²) in [5.41, 5.74) is 0.493. The van der Waals surface area contributed by atoms with Gasteiger partial charge in [0.1, 0.15) is 12.4 Å². The third-order valence-corrected chi connectivity index (χ3v) is 0.690. The molecule has 0 aliphatic rings. The Morgan fingerprint density at radius 2 is 2.12 bits per heavy atom. The first kappa shape index (κ1) is 4.72. The predicted molar refractivity (Wildman–Crippen MR) is 27.9 cm³/mol. The van der Waals surface area contributed by atoms with Crippen LogP contribution in [0, 0.1) is 11.3 Å². The molecular weight excluding hydrogens is 102 g/mol. The minimum Gasteiger partial charge on any atom is -0.243 e. The fourth-order valence-corrected chi connectivity index (χ4v) is 0.357. The molecule has 3 heteroatoms. The van der Waals surface area contributed by atoms with Crippen molar-refractivity contribution in [3.05, 3.63) is 24.3 Å². The molecule has 0 spiro atoms. The molecule has 0 aromatic carbocycles. The van der Waals surface area contributed by atoms with E-state index in [4.69, 9.17) is 5.26 Å². The molecule has 0 saturated carbocycles. The van der Waals surface area contributed by atoms with Gasteiger partial charge in [0.15, 0.2) is 0 Å². The van der Waals surface area contributed by atoms with Crippen LogP contribution in [0.5, 0.6) is 0 Å². The Hall–Kier alpha value is -1.43. The van der Waals surface area contributed by atoms with Crippen LogP contribution in [0.15, 0.2) is 18.7 Å². The molecule has 0 fully saturated rings. The quantitative estimate of drug-likeness (QED) is 0.482. The second-order valence-corrected chi connectivity index (χ2v) is 1.24. The maximum atomic E-state index is 8.21. The molecule has 38 valence electrons. The summed E-state index contributed by atoms with van der Waals surface area (Å²) in [4.78, 5) is 7.24. The van der Waals surface area contributed by atoms with Gasteiger partial charge in [-0.05, 0) is 0 Å². The van der Waals surface area contributed by atoms with Crippen molar-refractivity contribution in [2.24, 2.45) is 0 Å². The number of hydrogen-bond donors (Lipinski definition) is 0. The molecule has 0 N–H and O–H groups in total. The molecular formula is C5H4N3+. The first-order valence-electron chi connectivity index (χ1n) is 2.08. The molecule has 0 saturated heterocycles. The van der Waals surface area contributed by atoms with Crippen LogP contribution < -0.4 is 0 Å². The second kappa shape index (κ2) is 2.03. The lowest BCUT2D eigenvalue weighted by Crippen LogP contribution is -1.77. The van der Waals surface area contributed by atoms with Gasteiger partial charge in [0.05, 0.1) is 5.56 Å². The fourth-order valence-electron chi connectivity index (χ4n) is 0.357. The van der Waals surface area contributed by atoms with Crippen LogP contribution in [0.4, 0.5) is 0 Å². The molecule has 0 atom stereocenters. The van der Waals surface area contributed by atoms with Gasteiger partial charge in [0.25, 0.3) is 0 Å². The van der Waals surface area contributed by atoms with Gasteiger partial charge < -0.3 is 0 Å². The molecule has 1 heterocycles. The molecule has 0 unspecified atom stereocenters. The van der Waals surface area contributed by atoms with Crippen molar-refractivity contribution < 1.29 is 1.43 Å². The third kappa shape index (κ3) is 0.793. The molecule has 1 aromatic rings. The van der Waals surface area contributed by atoms with E-state index in [1.165, 1.54) is 18.7 Å². The highest BCUT2D eigenvalue weighted by atomic mass is 14.8. The summed E-state index contributed by atoms with van der Waals surface area (Å²) in [6.07, 6.45) is 4.32. The van der Waals surface area contributed by atoms with Crippen molar-refractivity contribution in [3.8, 4) is 6.07 Å². The van der Waals surface area contributed by atoms with Crippen LogP contribution in [-0.4, -0.2) is 9.97 Å². The summed E-state index contributed by atoms with van der Waals surface area (Å²) in [5, 5.41) is 8.21. The van der Waals surface area contributed by atoms with Gasteiger partial charge in [-0.3, -0.25) is 0 Å². The highest BCUT2D eigenvalue weighted by molar-refractivity contribution is 5.20. The number of hydrogen-bond acceptors (Lipinski definition) is 3. The van der Waals surface area contributed by atoms with Gasteiger partial charge >= 0.3 is 1.43 Å². The van der Waals surface area contributed by atoms with Crippen molar-refractivity contribution in [2.75, 3.05) is 0 Å². The van der Waals surface area contributed by atoms with Crippen LogP contribution in [0.3, 0.4) is 0 Å². The highest BCUT2D eigenvalue weighted by Crippen LogP contribution is 1.85. The van der Waals surface area contributed by atoms with E-state index >= 15 is 0 Å². The van der Waals surface area contributed by atoms with E-state index in [0.717, 1.165) is 0 Å². The molecule has 0 aliphatic heterocycles. The maximum absolute atomic E-state index is 8.21. The van der Waals surface area contributed by atoms with Crippen molar-refractivity contribution in [2.45, 2.75) is 0 Å². The largest absolute Gasteiger partial charge is 1.00 e. The minimum absolute atomic E-state index is 0. The number of rotatable bonds is 0. The molecule has 0 bridgehead atoms. The molecule has 0 radical (unpaired) electrons. The van der Waals surface area contributed by atoms with Crippen LogP contribution >= 0.6 is 0 Å². The zero-order valence-electron chi connectivity index (χ0n) is 5.07. The average molecular weight is 106 g/mol. The highest BCUT2D eigenvalue weighted by Gasteiger charge is 1.82. The van der Waals surface area contributed by atoms with Gasteiger partial charge in [0, 0.05) is 12.4 Å². The molecule has 8 heavy (non-hydrogen) atoms. The van der Waals surface area contributed by atoms with E-state index in [1.54, 1.807) is 0 Å². The van der Waals surface area contributed by atoms with Gasteiger partial charge in [-0.1, -0.05) is 0 Å². The minimum atomic E-state index is 0. The third-order valence-electron chi connectivity index (χ3n) is 0.690. The van der Waals surface area contributed by atoms with Crippen LogP contribution in [0.1, 0.15) is 6.99 Å². The lowest BCUT2D eigenvalue weighted by Gasteiger charge is -1.79. The summed E-state index contributed by atoms with van der Waals surface area (Å²) >= 11 is 0. The summed E-state index contributed by atoms with van der Waals surface area (Å²) in [7, 11) is 0. The Kier molecular flexibility index (Phi) is 1.20. The van der Waals surface area contributed by atoms with Crippen molar-refractivity contribution in [1.29, 1.82) is 5.26 Å². The van der Waals surface area contributed by atoms with Crippen molar-refractivity contribution >= 4 is 0 Å². The summed E-state index contributed by atoms with van der Waals surface area (Å²) in [5.74, 6) is 0. The van der Waals surface area contributed by atoms with Gasteiger partial charge in [-0.2, -0.15) is 5.26 Å². The second-order valence-electron chi connectivity index (χ2n) is 1.24. The summed E-state index contributed by atoms with van der Waals surface area (Å²) in [6, 6.07) is 1.90. The molecule has 1 rings (SSSR count). The van der Waals surface area contributed by atoms with Crippen molar-refractivity contribution in [1.82, 2.24) is 9.97 Å². The Balaban J connectivity index is 0.000000640. The lowest BCUT2D eigenvalue weighted by atomic mass is 10.4. The zero-order chi connectivity index (χ0) is 5.82. The predicted octanol–water partition coefficient (Wildman–Crippen LogP) is 0.461. The Labute approximate surface area is 48.1 Å². The fraction of sp³-hybridized carbons (Fsp3) is 0. The van der Waals surface area contributed by atoms with E-state index in [9.17, 15) is 0 Å². The first-order valence-corrected chi connectivity index (χ1v) is 2.08. The number of nitrogens with zero attached hydrogens (tertiary/aromatic N) is 3. The summed E-state index contributed by atoms with van der Waals surface area (Å²) < 4.78 is 0. The van der Waals surface area contributed by atoms with Crippen LogP contribution in [0.25, 0.3) is 0 Å². The molecule has 0 aliphatic carbocycles. The Morgan fingerprint density at radius 1 is 1.50 bits per heavy atom. The molecule has 0 amide bonds. The normalized spacial score (nSPS) is 7.88. The monoisotopic (exact) mass is 106 g/mol. The molecule has 3 nitrogen and oxygen atoms in total.